The Kier molecular flexibility index (Phi) is 3.67. The number of hydrogen-bond acceptors (Lipinski definition) is 0. The van der Waals surface area contributed by atoms with Crippen molar-refractivity contribution in [2.24, 2.45) is 5.92 Å². The Labute approximate surface area is 84.2 Å². The summed E-state index contributed by atoms with van der Waals surface area (Å²) >= 11 is 11.8. The molecule has 0 heterocycles. The fraction of sp³-hybridized carbons (Fsp3) is 0.600. The summed E-state index contributed by atoms with van der Waals surface area (Å²) in [5, 5.41) is 1.54. The number of allylic oxidation sites excluding steroid dienone is 4. The minimum atomic E-state index is 0.706. The van der Waals surface area contributed by atoms with Crippen LogP contribution in [-0.2, 0) is 0 Å². The van der Waals surface area contributed by atoms with Gasteiger partial charge in [0.2, 0.25) is 0 Å². The van der Waals surface area contributed by atoms with Gasteiger partial charge in [-0.2, -0.15) is 0 Å². The first-order chi connectivity index (χ1) is 5.59. The monoisotopic (exact) mass is 204 g/mol. The molecular formula is C10H14Cl2. The van der Waals surface area contributed by atoms with Crippen molar-refractivity contribution in [3.05, 3.63) is 21.7 Å². The first-order valence-electron chi connectivity index (χ1n) is 4.33. The van der Waals surface area contributed by atoms with Gasteiger partial charge in [-0.3, -0.25) is 0 Å². The fourth-order valence-electron chi connectivity index (χ4n) is 1.40. The molecular weight excluding hydrogens is 191 g/mol. The number of halogens is 2. The highest BCUT2D eigenvalue weighted by molar-refractivity contribution is 6.40. The van der Waals surface area contributed by atoms with E-state index in [1.54, 1.807) is 0 Å². The smallest absolute Gasteiger partial charge is 0.0550 e. The van der Waals surface area contributed by atoms with Crippen LogP contribution in [0.25, 0.3) is 0 Å². The van der Waals surface area contributed by atoms with Gasteiger partial charge in [0.1, 0.15) is 0 Å². The quantitative estimate of drug-likeness (QED) is 0.625. The van der Waals surface area contributed by atoms with Gasteiger partial charge in [0.25, 0.3) is 0 Å². The third kappa shape index (κ3) is 2.84. The lowest BCUT2D eigenvalue weighted by molar-refractivity contribution is 0.622. The maximum atomic E-state index is 5.92. The van der Waals surface area contributed by atoms with Gasteiger partial charge in [-0.25, -0.2) is 0 Å². The van der Waals surface area contributed by atoms with Crippen LogP contribution in [0.1, 0.15) is 33.1 Å². The van der Waals surface area contributed by atoms with E-state index in [1.165, 1.54) is 5.57 Å². The molecule has 0 nitrogen and oxygen atoms in total. The zero-order chi connectivity index (χ0) is 9.14. The van der Waals surface area contributed by atoms with Gasteiger partial charge in [-0.15, -0.1) is 0 Å². The van der Waals surface area contributed by atoms with Crippen LogP contribution >= 0.6 is 23.2 Å². The second-order valence-corrected chi connectivity index (χ2v) is 4.52. The summed E-state index contributed by atoms with van der Waals surface area (Å²) in [6.45, 7) is 4.43. The highest BCUT2D eigenvalue weighted by Crippen LogP contribution is 2.31. The molecule has 0 radical (unpaired) electrons. The zero-order valence-electron chi connectivity index (χ0n) is 7.53. The van der Waals surface area contributed by atoms with Crippen molar-refractivity contribution in [3.8, 4) is 0 Å². The summed E-state index contributed by atoms with van der Waals surface area (Å²) in [6, 6.07) is 0. The molecule has 0 aromatic rings. The van der Waals surface area contributed by atoms with Gasteiger partial charge in [-0.1, -0.05) is 42.6 Å². The average molecular weight is 205 g/mol. The SMILES string of the molecule is CC(C)CC1=CC(Cl)=C(Cl)CC1. The topological polar surface area (TPSA) is 0 Å². The molecule has 0 saturated heterocycles. The van der Waals surface area contributed by atoms with Gasteiger partial charge in [0, 0.05) is 5.03 Å². The summed E-state index contributed by atoms with van der Waals surface area (Å²) in [7, 11) is 0. The first-order valence-corrected chi connectivity index (χ1v) is 5.08. The summed E-state index contributed by atoms with van der Waals surface area (Å²) in [6.07, 6.45) is 5.15. The molecule has 0 aromatic heterocycles. The average Bonchev–Trinajstić information content (AvgIpc) is 1.96. The van der Waals surface area contributed by atoms with Gasteiger partial charge >= 0.3 is 0 Å². The molecule has 0 bridgehead atoms. The summed E-state index contributed by atoms with van der Waals surface area (Å²) in [5.41, 5.74) is 1.43. The highest BCUT2D eigenvalue weighted by Gasteiger charge is 2.10. The lowest BCUT2D eigenvalue weighted by Gasteiger charge is -2.14. The van der Waals surface area contributed by atoms with Gasteiger partial charge in [0.15, 0.2) is 0 Å². The van der Waals surface area contributed by atoms with E-state index in [2.05, 4.69) is 13.8 Å². The predicted molar refractivity (Wildman–Crippen MR) is 55.5 cm³/mol. The van der Waals surface area contributed by atoms with Gasteiger partial charge in [0.05, 0.1) is 5.03 Å². The fourth-order valence-corrected chi connectivity index (χ4v) is 1.80. The lowest BCUT2D eigenvalue weighted by Crippen LogP contribution is -1.97. The molecule has 2 heteroatoms. The Balaban J connectivity index is 2.63. The van der Waals surface area contributed by atoms with Gasteiger partial charge < -0.3 is 0 Å². The summed E-state index contributed by atoms with van der Waals surface area (Å²) in [4.78, 5) is 0. The zero-order valence-corrected chi connectivity index (χ0v) is 9.04. The van der Waals surface area contributed by atoms with Crippen LogP contribution in [-0.4, -0.2) is 0 Å². The summed E-state index contributed by atoms with van der Waals surface area (Å²) in [5.74, 6) is 0.706. The van der Waals surface area contributed by atoms with E-state index in [4.69, 9.17) is 23.2 Å². The van der Waals surface area contributed by atoms with Crippen LogP contribution in [0.3, 0.4) is 0 Å². The van der Waals surface area contributed by atoms with E-state index in [9.17, 15) is 0 Å². The molecule has 0 spiro atoms. The van der Waals surface area contributed by atoms with E-state index in [0.717, 1.165) is 29.3 Å². The molecule has 0 N–H and O–H groups in total. The Morgan fingerprint density at radius 3 is 2.50 bits per heavy atom. The van der Waals surface area contributed by atoms with Crippen molar-refractivity contribution in [3.63, 3.8) is 0 Å². The van der Waals surface area contributed by atoms with E-state index >= 15 is 0 Å². The minimum Gasteiger partial charge on any atom is -0.0875 e. The van der Waals surface area contributed by atoms with Crippen LogP contribution in [0.5, 0.6) is 0 Å². The molecule has 68 valence electrons. The Morgan fingerprint density at radius 2 is 2.00 bits per heavy atom. The molecule has 1 aliphatic rings. The molecule has 0 amide bonds. The van der Waals surface area contributed by atoms with E-state index in [1.807, 2.05) is 6.08 Å². The molecule has 0 aliphatic heterocycles. The third-order valence-corrected chi connectivity index (χ3v) is 2.75. The third-order valence-electron chi connectivity index (χ3n) is 1.93. The molecule has 0 atom stereocenters. The van der Waals surface area contributed by atoms with Gasteiger partial charge in [-0.05, 0) is 31.3 Å². The molecule has 1 aliphatic carbocycles. The van der Waals surface area contributed by atoms with Crippen molar-refractivity contribution in [1.82, 2.24) is 0 Å². The molecule has 1 rings (SSSR count). The number of rotatable bonds is 2. The van der Waals surface area contributed by atoms with Crippen LogP contribution in [0.4, 0.5) is 0 Å². The second kappa shape index (κ2) is 4.34. The van der Waals surface area contributed by atoms with Crippen molar-refractivity contribution < 1.29 is 0 Å². The van der Waals surface area contributed by atoms with Crippen molar-refractivity contribution in [2.75, 3.05) is 0 Å². The van der Waals surface area contributed by atoms with Crippen molar-refractivity contribution >= 4 is 23.2 Å². The molecule has 0 fully saturated rings. The van der Waals surface area contributed by atoms with Crippen LogP contribution in [0.15, 0.2) is 21.7 Å². The Bertz CT molecular complexity index is 224. The molecule has 12 heavy (non-hydrogen) atoms. The maximum absolute atomic E-state index is 5.92. The van der Waals surface area contributed by atoms with Crippen LogP contribution in [0.2, 0.25) is 0 Å². The maximum Gasteiger partial charge on any atom is 0.0550 e. The second-order valence-electron chi connectivity index (χ2n) is 3.65. The minimum absolute atomic E-state index is 0.706. The largest absolute Gasteiger partial charge is 0.0875 e. The van der Waals surface area contributed by atoms with Crippen molar-refractivity contribution in [2.45, 2.75) is 33.1 Å². The van der Waals surface area contributed by atoms with E-state index < -0.39 is 0 Å². The molecule has 0 saturated carbocycles. The lowest BCUT2D eigenvalue weighted by atomic mass is 9.96. The summed E-state index contributed by atoms with van der Waals surface area (Å²) < 4.78 is 0. The van der Waals surface area contributed by atoms with E-state index in [-0.39, 0.29) is 0 Å². The highest BCUT2D eigenvalue weighted by atomic mass is 35.5. The Hall–Kier alpha value is 0.0600. The predicted octanol–water partition coefficient (Wildman–Crippen LogP) is 4.44. The van der Waals surface area contributed by atoms with Crippen LogP contribution < -0.4 is 0 Å². The standard InChI is InChI=1S/C10H14Cl2/c1-7(2)5-8-3-4-9(11)10(12)6-8/h6-7H,3-5H2,1-2H3. The molecule has 0 unspecified atom stereocenters. The number of hydrogen-bond donors (Lipinski definition) is 0. The van der Waals surface area contributed by atoms with E-state index in [0.29, 0.717) is 5.92 Å². The molecule has 0 aromatic carbocycles. The normalized spacial score (nSPS) is 18.6. The van der Waals surface area contributed by atoms with Crippen LogP contribution in [0, 0.1) is 5.92 Å². The first kappa shape index (κ1) is 10.1. The van der Waals surface area contributed by atoms with Crippen molar-refractivity contribution in [1.29, 1.82) is 0 Å². The Morgan fingerprint density at radius 1 is 1.33 bits per heavy atom.